The van der Waals surface area contributed by atoms with Gasteiger partial charge in [0.2, 0.25) is 0 Å². The van der Waals surface area contributed by atoms with Crippen LogP contribution in [0.5, 0.6) is 0 Å². The second kappa shape index (κ2) is 6.11. The standard InChI is InChI=1S/C11H9F3N6.H2S/c1-6(16)9-18-10(11(12,13)14)19-20(9)8-3-2-7(4-15)5-17-8;/h2-3,5-6H,16H2,1H3;1H2/t6-;/m0./s1. The number of nitriles is 1. The van der Waals surface area contributed by atoms with Crippen molar-refractivity contribution in [3.8, 4) is 11.9 Å². The fourth-order valence-electron chi connectivity index (χ4n) is 1.49. The van der Waals surface area contributed by atoms with Crippen LogP contribution in [-0.4, -0.2) is 19.7 Å². The molecule has 0 fully saturated rings. The predicted molar refractivity (Wildman–Crippen MR) is 71.9 cm³/mol. The number of aromatic nitrogens is 4. The summed E-state index contributed by atoms with van der Waals surface area (Å²) in [5.74, 6) is -1.23. The van der Waals surface area contributed by atoms with Crippen molar-refractivity contribution in [1.82, 2.24) is 19.7 Å². The average molecular weight is 316 g/mol. The van der Waals surface area contributed by atoms with Crippen LogP contribution in [0.3, 0.4) is 0 Å². The Morgan fingerprint density at radius 3 is 2.48 bits per heavy atom. The van der Waals surface area contributed by atoms with Crippen LogP contribution < -0.4 is 5.73 Å². The van der Waals surface area contributed by atoms with Gasteiger partial charge >= 0.3 is 6.18 Å². The van der Waals surface area contributed by atoms with Gasteiger partial charge in [-0.2, -0.15) is 36.6 Å². The van der Waals surface area contributed by atoms with Crippen LogP contribution in [0.25, 0.3) is 5.82 Å². The Labute approximate surface area is 124 Å². The number of hydrogen-bond donors (Lipinski definition) is 1. The molecule has 6 nitrogen and oxygen atoms in total. The number of hydrogen-bond acceptors (Lipinski definition) is 5. The molecule has 21 heavy (non-hydrogen) atoms. The van der Waals surface area contributed by atoms with Gasteiger partial charge in [-0.05, 0) is 19.1 Å². The smallest absolute Gasteiger partial charge is 0.322 e. The van der Waals surface area contributed by atoms with Crippen LogP contribution in [0.2, 0.25) is 0 Å². The summed E-state index contributed by atoms with van der Waals surface area (Å²) in [5, 5.41) is 12.0. The van der Waals surface area contributed by atoms with Gasteiger partial charge in [-0.15, -0.1) is 5.10 Å². The predicted octanol–water partition coefficient (Wildman–Crippen LogP) is 1.69. The molecule has 0 saturated carbocycles. The number of alkyl halides is 3. The summed E-state index contributed by atoms with van der Waals surface area (Å²) in [4.78, 5) is 7.27. The van der Waals surface area contributed by atoms with E-state index >= 15 is 0 Å². The van der Waals surface area contributed by atoms with Gasteiger partial charge in [0, 0.05) is 6.20 Å². The summed E-state index contributed by atoms with van der Waals surface area (Å²) in [5.41, 5.74) is 5.88. The van der Waals surface area contributed by atoms with E-state index in [2.05, 4.69) is 15.1 Å². The number of halogens is 3. The number of nitrogens with zero attached hydrogens (tertiary/aromatic N) is 5. The lowest BCUT2D eigenvalue weighted by Gasteiger charge is -2.06. The van der Waals surface area contributed by atoms with Crippen molar-refractivity contribution in [3.05, 3.63) is 35.5 Å². The monoisotopic (exact) mass is 316 g/mol. The molecule has 2 aromatic heterocycles. The third-order valence-corrected chi connectivity index (χ3v) is 2.39. The third kappa shape index (κ3) is 3.50. The molecule has 0 saturated heterocycles. The molecule has 0 bridgehead atoms. The Hall–Kier alpha value is -2.12. The summed E-state index contributed by atoms with van der Waals surface area (Å²) in [6.07, 6.45) is -3.43. The third-order valence-electron chi connectivity index (χ3n) is 2.39. The highest BCUT2D eigenvalue weighted by Crippen LogP contribution is 2.28. The molecular formula is C11H11F3N6S. The lowest BCUT2D eigenvalue weighted by molar-refractivity contribution is -0.144. The quantitative estimate of drug-likeness (QED) is 0.910. The first kappa shape index (κ1) is 16.9. The van der Waals surface area contributed by atoms with Gasteiger partial charge in [-0.1, -0.05) is 0 Å². The summed E-state index contributed by atoms with van der Waals surface area (Å²) in [6.45, 7) is 1.49. The highest BCUT2D eigenvalue weighted by Gasteiger charge is 2.37. The van der Waals surface area contributed by atoms with Crippen molar-refractivity contribution in [2.24, 2.45) is 5.73 Å². The first-order chi connectivity index (χ1) is 9.32. The normalized spacial score (nSPS) is 12.4. The zero-order chi connectivity index (χ0) is 14.9. The van der Waals surface area contributed by atoms with Gasteiger partial charge in [0.1, 0.15) is 6.07 Å². The molecule has 0 aliphatic heterocycles. The second-order valence-corrected chi connectivity index (χ2v) is 4.01. The van der Waals surface area contributed by atoms with Crippen molar-refractivity contribution in [3.63, 3.8) is 0 Å². The fourth-order valence-corrected chi connectivity index (χ4v) is 1.49. The van der Waals surface area contributed by atoms with Crippen LogP contribution in [0.15, 0.2) is 18.3 Å². The Bertz CT molecular complexity index is 656. The minimum absolute atomic E-state index is 0. The summed E-state index contributed by atoms with van der Waals surface area (Å²) < 4.78 is 38.8. The van der Waals surface area contributed by atoms with Gasteiger partial charge in [0.05, 0.1) is 11.6 Å². The van der Waals surface area contributed by atoms with E-state index in [1.54, 1.807) is 0 Å². The number of pyridine rings is 1. The Morgan fingerprint density at radius 1 is 1.38 bits per heavy atom. The van der Waals surface area contributed by atoms with Crippen molar-refractivity contribution in [1.29, 1.82) is 5.26 Å². The van der Waals surface area contributed by atoms with Gasteiger partial charge in [-0.3, -0.25) is 0 Å². The van der Waals surface area contributed by atoms with Gasteiger partial charge in [0.25, 0.3) is 5.82 Å². The Morgan fingerprint density at radius 2 is 2.05 bits per heavy atom. The topological polar surface area (TPSA) is 93.4 Å². The number of nitrogens with two attached hydrogens (primary N) is 1. The molecule has 2 aromatic rings. The molecule has 10 heteroatoms. The van der Waals surface area contributed by atoms with Crippen LogP contribution in [0.1, 0.15) is 30.2 Å². The minimum Gasteiger partial charge on any atom is -0.322 e. The van der Waals surface area contributed by atoms with Crippen molar-refractivity contribution in [2.75, 3.05) is 0 Å². The SMILES string of the molecule is C[C@H](N)c1nc(C(F)(F)F)nn1-c1ccc(C#N)cn1.S. The van der Waals surface area contributed by atoms with E-state index in [0.29, 0.717) is 0 Å². The zero-order valence-corrected chi connectivity index (χ0v) is 11.8. The van der Waals surface area contributed by atoms with Crippen LogP contribution in [-0.2, 0) is 6.18 Å². The van der Waals surface area contributed by atoms with Gasteiger partial charge < -0.3 is 5.73 Å². The molecule has 0 unspecified atom stereocenters. The molecule has 2 rings (SSSR count). The maximum Gasteiger partial charge on any atom is 0.453 e. The fraction of sp³-hybridized carbons (Fsp3) is 0.273. The van der Waals surface area contributed by atoms with E-state index in [1.165, 1.54) is 25.3 Å². The van der Waals surface area contributed by atoms with Crippen molar-refractivity contribution >= 4 is 13.5 Å². The molecule has 2 heterocycles. The van der Waals surface area contributed by atoms with Crippen LogP contribution in [0, 0.1) is 11.3 Å². The molecule has 0 spiro atoms. The van der Waals surface area contributed by atoms with Crippen LogP contribution >= 0.6 is 13.5 Å². The van der Waals surface area contributed by atoms with E-state index in [1.807, 2.05) is 6.07 Å². The molecule has 112 valence electrons. The maximum absolute atomic E-state index is 12.6. The first-order valence-electron chi connectivity index (χ1n) is 5.49. The lowest BCUT2D eigenvalue weighted by Crippen LogP contribution is -2.14. The molecule has 0 amide bonds. The van der Waals surface area contributed by atoms with Crippen molar-refractivity contribution in [2.45, 2.75) is 19.1 Å². The molecular weight excluding hydrogens is 305 g/mol. The Balaban J connectivity index is 0.00000220. The lowest BCUT2D eigenvalue weighted by atomic mass is 10.3. The van der Waals surface area contributed by atoms with E-state index in [-0.39, 0.29) is 30.7 Å². The average Bonchev–Trinajstić information content (AvgIpc) is 2.84. The Kier molecular flexibility index (Phi) is 4.93. The summed E-state index contributed by atoms with van der Waals surface area (Å²) in [7, 11) is 0. The highest BCUT2D eigenvalue weighted by molar-refractivity contribution is 7.59. The number of rotatable bonds is 2. The molecule has 0 radical (unpaired) electrons. The van der Waals surface area contributed by atoms with E-state index < -0.39 is 18.0 Å². The molecule has 1 atom stereocenters. The second-order valence-electron chi connectivity index (χ2n) is 4.01. The van der Waals surface area contributed by atoms with Crippen LogP contribution in [0.4, 0.5) is 13.2 Å². The zero-order valence-electron chi connectivity index (χ0n) is 10.8. The molecule has 0 aromatic carbocycles. The molecule has 2 N–H and O–H groups in total. The van der Waals surface area contributed by atoms with E-state index in [0.717, 1.165) is 4.68 Å². The maximum atomic E-state index is 12.6. The van der Waals surface area contributed by atoms with E-state index in [4.69, 9.17) is 11.0 Å². The summed E-state index contributed by atoms with van der Waals surface area (Å²) in [6, 6.07) is 3.90. The summed E-state index contributed by atoms with van der Waals surface area (Å²) >= 11 is 0. The minimum atomic E-state index is -4.67. The van der Waals surface area contributed by atoms with E-state index in [9.17, 15) is 13.2 Å². The van der Waals surface area contributed by atoms with Crippen molar-refractivity contribution < 1.29 is 13.2 Å². The molecule has 0 aliphatic carbocycles. The largest absolute Gasteiger partial charge is 0.453 e. The first-order valence-corrected chi connectivity index (χ1v) is 5.49. The van der Waals surface area contributed by atoms with Gasteiger partial charge in [-0.25, -0.2) is 9.97 Å². The molecule has 0 aliphatic rings. The van der Waals surface area contributed by atoms with Gasteiger partial charge in [0.15, 0.2) is 11.6 Å². The highest BCUT2D eigenvalue weighted by atomic mass is 32.1.